The van der Waals surface area contributed by atoms with Gasteiger partial charge in [-0.1, -0.05) is 6.42 Å². The summed E-state index contributed by atoms with van der Waals surface area (Å²) in [5, 5.41) is 0. The monoisotopic (exact) mass is 390 g/mol. The third kappa shape index (κ3) is 6.34. The number of hydrogen-bond acceptors (Lipinski definition) is 4. The Hall–Kier alpha value is 0.491. The maximum atomic E-state index is 6.80. The van der Waals surface area contributed by atoms with E-state index >= 15 is 0 Å². The van der Waals surface area contributed by atoms with Crippen LogP contribution in [0.25, 0.3) is 0 Å². The van der Waals surface area contributed by atoms with Gasteiger partial charge in [-0.05, 0) is 76.0 Å². The van der Waals surface area contributed by atoms with Crippen molar-refractivity contribution in [2.24, 2.45) is 5.92 Å². The van der Waals surface area contributed by atoms with Gasteiger partial charge in [0.25, 0.3) is 0 Å². The quantitative estimate of drug-likeness (QED) is 0.399. The number of hydrogen-bond donors (Lipinski definition) is 0. The first kappa shape index (κ1) is 20.8. The van der Waals surface area contributed by atoms with Gasteiger partial charge in [-0.25, -0.2) is 0 Å². The van der Waals surface area contributed by atoms with Crippen LogP contribution in [-0.4, -0.2) is 51.6 Å². The molecule has 7 heteroatoms. The van der Waals surface area contributed by atoms with Crippen LogP contribution in [0.2, 0.25) is 50.9 Å². The lowest BCUT2D eigenvalue weighted by atomic mass is 9.88. The van der Waals surface area contributed by atoms with E-state index in [1.165, 1.54) is 31.7 Å². The van der Waals surface area contributed by atoms with Crippen molar-refractivity contribution in [3.8, 4) is 0 Å². The van der Waals surface area contributed by atoms with Gasteiger partial charge in [0, 0.05) is 14.2 Å². The summed E-state index contributed by atoms with van der Waals surface area (Å²) in [6, 6.07) is 3.45. The van der Waals surface area contributed by atoms with Crippen molar-refractivity contribution < 1.29 is 17.7 Å². The molecular formula is C17H38O4Si3. The molecule has 3 atom stereocenters. The molecule has 24 heavy (non-hydrogen) atoms. The van der Waals surface area contributed by atoms with Crippen LogP contribution in [-0.2, 0) is 17.7 Å². The minimum atomic E-state index is -1.97. The predicted octanol–water partition coefficient (Wildman–Crippen LogP) is 4.74. The van der Waals surface area contributed by atoms with E-state index in [1.54, 1.807) is 14.2 Å². The van der Waals surface area contributed by atoms with Gasteiger partial charge in [-0.3, -0.25) is 0 Å². The molecule has 0 bridgehead atoms. The summed E-state index contributed by atoms with van der Waals surface area (Å²) < 4.78 is 23.7. The number of fused-ring (bicyclic) bond motifs is 1. The Morgan fingerprint density at radius 3 is 2.04 bits per heavy atom. The average Bonchev–Trinajstić information content (AvgIpc) is 3.28. The zero-order valence-electron chi connectivity index (χ0n) is 16.8. The van der Waals surface area contributed by atoms with E-state index in [-0.39, 0.29) is 0 Å². The molecule has 4 nitrogen and oxygen atoms in total. The van der Waals surface area contributed by atoms with Gasteiger partial charge >= 0.3 is 8.56 Å². The van der Waals surface area contributed by atoms with Crippen molar-refractivity contribution in [2.45, 2.75) is 88.8 Å². The lowest BCUT2D eigenvalue weighted by molar-refractivity contribution is 0.250. The highest BCUT2D eigenvalue weighted by Gasteiger charge is 2.44. The zero-order valence-corrected chi connectivity index (χ0v) is 19.8. The fourth-order valence-corrected chi connectivity index (χ4v) is 16.7. The Kier molecular flexibility index (Phi) is 6.95. The Bertz CT molecular complexity index is 413. The molecular weight excluding hydrogens is 352 g/mol. The van der Waals surface area contributed by atoms with Crippen molar-refractivity contribution in [2.75, 3.05) is 14.2 Å². The number of ether oxygens (including phenoxy) is 1. The van der Waals surface area contributed by atoms with Crippen LogP contribution in [0.3, 0.4) is 0 Å². The minimum Gasteiger partial charge on any atom is -0.456 e. The summed E-state index contributed by atoms with van der Waals surface area (Å²) in [6.45, 7) is 11.7. The molecule has 3 unspecified atom stereocenters. The summed E-state index contributed by atoms with van der Waals surface area (Å²) in [7, 11) is -1.67. The van der Waals surface area contributed by atoms with Crippen LogP contribution in [0.1, 0.15) is 25.7 Å². The maximum absolute atomic E-state index is 6.80. The van der Waals surface area contributed by atoms with Gasteiger partial charge in [-0.2, -0.15) is 0 Å². The molecule has 1 saturated heterocycles. The summed E-state index contributed by atoms with van der Waals surface area (Å²) in [5.74, 6) is 0.867. The highest BCUT2D eigenvalue weighted by molar-refractivity contribution is 6.85. The van der Waals surface area contributed by atoms with Gasteiger partial charge in [0.15, 0.2) is 16.6 Å². The summed E-state index contributed by atoms with van der Waals surface area (Å²) in [4.78, 5) is 0. The maximum Gasteiger partial charge on any atom is 0.334 e. The third-order valence-corrected chi connectivity index (χ3v) is 16.6. The molecule has 2 rings (SSSR count). The first-order valence-corrected chi connectivity index (χ1v) is 18.3. The van der Waals surface area contributed by atoms with E-state index in [0.717, 1.165) is 18.0 Å². The second-order valence-electron chi connectivity index (χ2n) is 9.09. The first-order valence-electron chi connectivity index (χ1n) is 9.54. The molecule has 0 aromatic heterocycles. The minimum absolute atomic E-state index is 0.603. The van der Waals surface area contributed by atoms with E-state index < -0.39 is 25.2 Å². The second-order valence-corrected chi connectivity index (χ2v) is 21.5. The van der Waals surface area contributed by atoms with Crippen LogP contribution in [0.4, 0.5) is 0 Å². The number of rotatable bonds is 10. The zero-order chi connectivity index (χ0) is 18.0. The van der Waals surface area contributed by atoms with Crippen LogP contribution >= 0.6 is 0 Å². The fraction of sp³-hybridized carbons (Fsp3) is 1.00. The molecule has 0 aromatic carbocycles. The normalized spacial score (nSPS) is 27.9. The molecule has 2 fully saturated rings. The van der Waals surface area contributed by atoms with Crippen molar-refractivity contribution in [1.82, 2.24) is 0 Å². The van der Waals surface area contributed by atoms with Crippen LogP contribution in [0.5, 0.6) is 0 Å². The van der Waals surface area contributed by atoms with E-state index in [9.17, 15) is 0 Å². The van der Waals surface area contributed by atoms with E-state index in [2.05, 4.69) is 32.7 Å². The topological polar surface area (TPSA) is 40.2 Å². The van der Waals surface area contributed by atoms with Crippen LogP contribution < -0.4 is 0 Å². The Labute approximate surface area is 152 Å². The number of epoxide rings is 1. The molecule has 142 valence electrons. The highest BCUT2D eigenvalue weighted by atomic mass is 28.4. The smallest absolute Gasteiger partial charge is 0.334 e. The summed E-state index contributed by atoms with van der Waals surface area (Å²) in [6.07, 6.45) is 6.49. The molecule has 0 N–H and O–H groups in total. The van der Waals surface area contributed by atoms with Gasteiger partial charge in [0.1, 0.15) is 0 Å². The molecule has 0 amide bonds. The van der Waals surface area contributed by atoms with Gasteiger partial charge < -0.3 is 17.7 Å². The van der Waals surface area contributed by atoms with Gasteiger partial charge in [0.05, 0.1) is 12.2 Å². The molecule has 1 heterocycles. The summed E-state index contributed by atoms with van der Waals surface area (Å²) in [5.41, 5.74) is 0. The lowest BCUT2D eigenvalue weighted by Crippen LogP contribution is -2.46. The van der Waals surface area contributed by atoms with Crippen molar-refractivity contribution in [1.29, 1.82) is 0 Å². The van der Waals surface area contributed by atoms with Crippen LogP contribution in [0.15, 0.2) is 0 Å². The van der Waals surface area contributed by atoms with Crippen molar-refractivity contribution in [3.63, 3.8) is 0 Å². The SMILES string of the molecule is CO[Si](C)(CC[Si](C)(C)O[Si](C)(C)CCC1CCC2OC2C1)OC. The Balaban J connectivity index is 1.75. The van der Waals surface area contributed by atoms with Crippen molar-refractivity contribution >= 4 is 25.2 Å². The Morgan fingerprint density at radius 2 is 1.46 bits per heavy atom. The standard InChI is InChI=1S/C17H38O4Si3/c1-18-24(7,19-2)13-12-23(5,6)21-22(3,4)11-10-15-8-9-16-17(14-15)20-16/h15-17H,8-14H2,1-7H3. The fourth-order valence-electron chi connectivity index (χ4n) is 3.97. The van der Waals surface area contributed by atoms with E-state index in [0.29, 0.717) is 12.2 Å². The summed E-state index contributed by atoms with van der Waals surface area (Å²) >= 11 is 0. The molecule has 0 aromatic rings. The van der Waals surface area contributed by atoms with E-state index in [1.807, 2.05) is 0 Å². The Morgan fingerprint density at radius 1 is 0.833 bits per heavy atom. The highest BCUT2D eigenvalue weighted by Crippen LogP contribution is 2.41. The van der Waals surface area contributed by atoms with E-state index in [4.69, 9.17) is 17.7 Å². The largest absolute Gasteiger partial charge is 0.456 e. The predicted molar refractivity (Wildman–Crippen MR) is 107 cm³/mol. The van der Waals surface area contributed by atoms with Gasteiger partial charge in [-0.15, -0.1) is 0 Å². The first-order chi connectivity index (χ1) is 11.1. The lowest BCUT2D eigenvalue weighted by Gasteiger charge is -2.36. The molecule has 2 aliphatic rings. The van der Waals surface area contributed by atoms with Gasteiger partial charge in [0.2, 0.25) is 0 Å². The molecule has 1 saturated carbocycles. The molecule has 0 radical (unpaired) electrons. The van der Waals surface area contributed by atoms with Crippen molar-refractivity contribution in [3.05, 3.63) is 0 Å². The second kappa shape index (κ2) is 8.02. The molecule has 1 aliphatic heterocycles. The average molecular weight is 391 g/mol. The third-order valence-electron chi connectivity index (χ3n) is 5.86. The molecule has 0 spiro atoms. The van der Waals surface area contributed by atoms with Crippen LogP contribution in [0, 0.1) is 5.92 Å². The molecule has 1 aliphatic carbocycles.